The van der Waals surface area contributed by atoms with Crippen molar-refractivity contribution in [1.29, 1.82) is 0 Å². The molecule has 3 aromatic carbocycles. The standard InChI is InChI=1S/C26H31N5O5S/c32-31(33)26-8-6-23(20-25(26)27-9-10-28-15-17-36-18-16-28)29-11-13-30(14-12-29)37(34,35)24-7-5-21-3-1-2-4-22(21)19-24/h1-8,19-20,27H,9-18H2. The molecule has 0 aromatic heterocycles. The number of nitrogens with zero attached hydrogens (tertiary/aromatic N) is 4. The lowest BCUT2D eigenvalue weighted by atomic mass is 10.1. The van der Waals surface area contributed by atoms with Gasteiger partial charge in [0.25, 0.3) is 5.69 Å². The van der Waals surface area contributed by atoms with E-state index in [1.165, 1.54) is 10.4 Å². The number of nitro benzene ring substituents is 1. The van der Waals surface area contributed by atoms with Crippen molar-refractivity contribution in [3.63, 3.8) is 0 Å². The molecule has 37 heavy (non-hydrogen) atoms. The number of morpholine rings is 1. The van der Waals surface area contributed by atoms with Gasteiger partial charge in [-0.2, -0.15) is 4.31 Å². The van der Waals surface area contributed by atoms with Crippen molar-refractivity contribution in [3.05, 3.63) is 70.8 Å². The van der Waals surface area contributed by atoms with Crippen LogP contribution in [-0.2, 0) is 14.8 Å². The van der Waals surface area contributed by atoms with E-state index in [9.17, 15) is 18.5 Å². The Morgan fingerprint density at radius 2 is 1.62 bits per heavy atom. The minimum atomic E-state index is -3.62. The number of nitrogens with one attached hydrogen (secondary N) is 1. The van der Waals surface area contributed by atoms with Crippen LogP contribution >= 0.6 is 0 Å². The van der Waals surface area contributed by atoms with Crippen LogP contribution in [0.2, 0.25) is 0 Å². The molecular weight excluding hydrogens is 494 g/mol. The van der Waals surface area contributed by atoms with Gasteiger partial charge in [-0.15, -0.1) is 0 Å². The summed E-state index contributed by atoms with van der Waals surface area (Å²) in [5, 5.41) is 16.7. The van der Waals surface area contributed by atoms with Crippen molar-refractivity contribution in [1.82, 2.24) is 9.21 Å². The topological polar surface area (TPSA) is 108 Å². The maximum Gasteiger partial charge on any atom is 0.292 e. The summed E-state index contributed by atoms with van der Waals surface area (Å²) in [6, 6.07) is 18.0. The third kappa shape index (κ3) is 5.69. The predicted molar refractivity (Wildman–Crippen MR) is 144 cm³/mol. The largest absolute Gasteiger partial charge is 0.379 e. The molecule has 0 spiro atoms. The van der Waals surface area contributed by atoms with Crippen molar-refractivity contribution in [2.24, 2.45) is 0 Å². The molecule has 0 aliphatic carbocycles. The fourth-order valence-electron chi connectivity index (χ4n) is 4.86. The summed E-state index contributed by atoms with van der Waals surface area (Å²) >= 11 is 0. The fraction of sp³-hybridized carbons (Fsp3) is 0.385. The molecule has 0 amide bonds. The number of nitro groups is 1. The van der Waals surface area contributed by atoms with E-state index in [2.05, 4.69) is 15.1 Å². The highest BCUT2D eigenvalue weighted by Gasteiger charge is 2.29. The Labute approximate surface area is 216 Å². The SMILES string of the molecule is O=[N+]([O-])c1ccc(N2CCN(S(=O)(=O)c3ccc4ccccc4c3)CC2)cc1NCCN1CCOCC1. The normalized spacial score (nSPS) is 17.7. The Morgan fingerprint density at radius 3 is 2.35 bits per heavy atom. The van der Waals surface area contributed by atoms with Gasteiger partial charge in [-0.05, 0) is 35.0 Å². The summed E-state index contributed by atoms with van der Waals surface area (Å²) in [6.45, 7) is 6.16. The molecule has 0 radical (unpaired) electrons. The second kappa shape index (κ2) is 11.0. The molecule has 10 nitrogen and oxygen atoms in total. The molecule has 11 heteroatoms. The van der Waals surface area contributed by atoms with Crippen LogP contribution in [0.5, 0.6) is 0 Å². The number of ether oxygens (including phenoxy) is 1. The Balaban J connectivity index is 1.25. The van der Waals surface area contributed by atoms with Crippen LogP contribution in [0.15, 0.2) is 65.6 Å². The molecule has 2 heterocycles. The van der Waals surface area contributed by atoms with Gasteiger partial charge in [-0.25, -0.2) is 8.42 Å². The van der Waals surface area contributed by atoms with Crippen molar-refractivity contribution in [2.75, 3.05) is 75.8 Å². The lowest BCUT2D eigenvalue weighted by Gasteiger charge is -2.35. The summed E-state index contributed by atoms with van der Waals surface area (Å²) in [6.07, 6.45) is 0. The third-order valence-electron chi connectivity index (χ3n) is 6.99. The highest BCUT2D eigenvalue weighted by molar-refractivity contribution is 7.89. The molecule has 0 unspecified atom stereocenters. The first-order valence-corrected chi connectivity index (χ1v) is 13.9. The number of hydrogen-bond donors (Lipinski definition) is 1. The van der Waals surface area contributed by atoms with E-state index in [4.69, 9.17) is 4.74 Å². The number of hydrogen-bond acceptors (Lipinski definition) is 8. The smallest absolute Gasteiger partial charge is 0.292 e. The van der Waals surface area contributed by atoms with Gasteiger partial charge in [0.15, 0.2) is 0 Å². The minimum absolute atomic E-state index is 0.0308. The zero-order valence-corrected chi connectivity index (χ0v) is 21.4. The van der Waals surface area contributed by atoms with E-state index in [1.807, 2.05) is 30.3 Å². The number of benzene rings is 3. The van der Waals surface area contributed by atoms with Crippen LogP contribution in [-0.4, -0.2) is 88.1 Å². The first-order chi connectivity index (χ1) is 17.9. The van der Waals surface area contributed by atoms with Crippen LogP contribution < -0.4 is 10.2 Å². The third-order valence-corrected chi connectivity index (χ3v) is 8.88. The van der Waals surface area contributed by atoms with Crippen molar-refractivity contribution < 1.29 is 18.1 Å². The highest BCUT2D eigenvalue weighted by atomic mass is 32.2. The first kappa shape index (κ1) is 25.4. The molecule has 2 fully saturated rings. The number of piperazine rings is 1. The molecule has 0 saturated carbocycles. The summed E-state index contributed by atoms with van der Waals surface area (Å²) < 4.78 is 33.5. The number of fused-ring (bicyclic) bond motifs is 1. The maximum absolute atomic E-state index is 13.3. The van der Waals surface area contributed by atoms with E-state index in [-0.39, 0.29) is 10.6 Å². The zero-order valence-electron chi connectivity index (χ0n) is 20.6. The predicted octanol–water partition coefficient (Wildman–Crippen LogP) is 3.00. The van der Waals surface area contributed by atoms with E-state index in [0.717, 1.165) is 36.1 Å². The van der Waals surface area contributed by atoms with E-state index >= 15 is 0 Å². The number of anilines is 2. The van der Waals surface area contributed by atoms with Gasteiger partial charge < -0.3 is 15.0 Å². The molecule has 2 saturated heterocycles. The maximum atomic E-state index is 13.3. The van der Waals surface area contributed by atoms with Gasteiger partial charge in [-0.3, -0.25) is 15.0 Å². The van der Waals surface area contributed by atoms with Crippen molar-refractivity contribution in [2.45, 2.75) is 4.90 Å². The summed E-state index contributed by atoms with van der Waals surface area (Å²) in [4.78, 5) is 15.8. The molecule has 1 N–H and O–H groups in total. The van der Waals surface area contributed by atoms with Crippen molar-refractivity contribution in [3.8, 4) is 0 Å². The highest BCUT2D eigenvalue weighted by Crippen LogP contribution is 2.31. The Hall–Kier alpha value is -3.25. The Bertz CT molecular complexity index is 1370. The van der Waals surface area contributed by atoms with Gasteiger partial charge >= 0.3 is 0 Å². The second-order valence-corrected chi connectivity index (χ2v) is 11.2. The van der Waals surface area contributed by atoms with Crippen LogP contribution in [0, 0.1) is 10.1 Å². The monoisotopic (exact) mass is 525 g/mol. The molecule has 3 aromatic rings. The van der Waals surface area contributed by atoms with Crippen LogP contribution in [0.25, 0.3) is 10.8 Å². The van der Waals surface area contributed by atoms with Crippen LogP contribution in [0.3, 0.4) is 0 Å². The molecule has 5 rings (SSSR count). The van der Waals surface area contributed by atoms with Crippen LogP contribution in [0.1, 0.15) is 0 Å². The van der Waals surface area contributed by atoms with Gasteiger partial charge in [0.1, 0.15) is 5.69 Å². The number of rotatable bonds is 8. The van der Waals surface area contributed by atoms with E-state index < -0.39 is 10.0 Å². The molecule has 196 valence electrons. The van der Waals surface area contributed by atoms with E-state index in [0.29, 0.717) is 56.5 Å². The molecule has 0 atom stereocenters. The average molecular weight is 526 g/mol. The molecule has 0 bridgehead atoms. The quantitative estimate of drug-likeness (QED) is 0.353. The summed E-state index contributed by atoms with van der Waals surface area (Å²) in [5.41, 5.74) is 1.34. The van der Waals surface area contributed by atoms with Crippen molar-refractivity contribution >= 4 is 37.9 Å². The Kier molecular flexibility index (Phi) is 7.56. The van der Waals surface area contributed by atoms with Gasteiger partial charge in [0.05, 0.1) is 23.0 Å². The Morgan fingerprint density at radius 1 is 0.892 bits per heavy atom. The summed E-state index contributed by atoms with van der Waals surface area (Å²) in [7, 11) is -3.62. The lowest BCUT2D eigenvalue weighted by molar-refractivity contribution is -0.383. The minimum Gasteiger partial charge on any atom is -0.379 e. The molecule has 2 aliphatic rings. The van der Waals surface area contributed by atoms with E-state index in [1.54, 1.807) is 24.3 Å². The summed E-state index contributed by atoms with van der Waals surface area (Å²) in [5.74, 6) is 0. The van der Waals surface area contributed by atoms with Crippen LogP contribution in [0.4, 0.5) is 17.1 Å². The fourth-order valence-corrected chi connectivity index (χ4v) is 6.32. The first-order valence-electron chi connectivity index (χ1n) is 12.5. The number of sulfonamides is 1. The average Bonchev–Trinajstić information content (AvgIpc) is 2.93. The molecular formula is C26H31N5O5S. The van der Waals surface area contributed by atoms with Gasteiger partial charge in [0, 0.05) is 64.1 Å². The second-order valence-electron chi connectivity index (χ2n) is 9.24. The zero-order chi connectivity index (χ0) is 25.8. The lowest BCUT2D eigenvalue weighted by Crippen LogP contribution is -2.48. The van der Waals surface area contributed by atoms with Gasteiger partial charge in [-0.1, -0.05) is 30.3 Å². The molecule has 2 aliphatic heterocycles. The van der Waals surface area contributed by atoms with Gasteiger partial charge in [0.2, 0.25) is 10.0 Å².